The van der Waals surface area contributed by atoms with Crippen LogP contribution in [-0.2, 0) is 11.3 Å². The Morgan fingerprint density at radius 3 is 2.63 bits per heavy atom. The van der Waals surface area contributed by atoms with E-state index in [9.17, 15) is 4.39 Å². The molecular weight excluding hydrogens is 498 g/mol. The number of guanidine groups is 1. The van der Waals surface area contributed by atoms with Gasteiger partial charge in [-0.15, -0.1) is 24.0 Å². The average molecular weight is 530 g/mol. The summed E-state index contributed by atoms with van der Waals surface area (Å²) >= 11 is 0. The van der Waals surface area contributed by atoms with Crippen molar-refractivity contribution in [1.82, 2.24) is 15.6 Å². The monoisotopic (exact) mass is 530 g/mol. The lowest BCUT2D eigenvalue weighted by Gasteiger charge is -2.21. The van der Waals surface area contributed by atoms with E-state index in [4.69, 9.17) is 9.47 Å². The Balaban J connectivity index is 0.00000450. The molecule has 0 aliphatic carbocycles. The molecule has 0 amide bonds. The van der Waals surface area contributed by atoms with Crippen LogP contribution in [-0.4, -0.2) is 37.2 Å². The third-order valence-corrected chi connectivity index (χ3v) is 4.39. The number of aliphatic imine (C=N–C) groups is 1. The standard InChI is InChI=1S/C22H31FN4O2.HI/c1-5-28-20(16(2)3)10-12-26-22(24-4)27-14-17-8-9-21(19(23)13-17)29-18-7-6-11-25-15-18;/h6-9,11,13,15-16,20H,5,10,12,14H2,1-4H3,(H2,24,26,27);1H. The molecule has 0 spiro atoms. The zero-order chi connectivity index (χ0) is 21.1. The van der Waals surface area contributed by atoms with Crippen molar-refractivity contribution < 1.29 is 13.9 Å². The Morgan fingerprint density at radius 2 is 2.03 bits per heavy atom. The van der Waals surface area contributed by atoms with Gasteiger partial charge in [0.1, 0.15) is 5.75 Å². The molecule has 2 rings (SSSR count). The van der Waals surface area contributed by atoms with Crippen molar-refractivity contribution in [3.8, 4) is 11.5 Å². The van der Waals surface area contributed by atoms with Crippen LogP contribution in [0, 0.1) is 11.7 Å². The maximum absolute atomic E-state index is 14.3. The lowest BCUT2D eigenvalue weighted by molar-refractivity contribution is 0.0258. The van der Waals surface area contributed by atoms with Crippen molar-refractivity contribution in [3.05, 3.63) is 54.1 Å². The summed E-state index contributed by atoms with van der Waals surface area (Å²) in [4.78, 5) is 8.17. The third kappa shape index (κ3) is 8.83. The van der Waals surface area contributed by atoms with Gasteiger partial charge in [-0.25, -0.2) is 4.39 Å². The first-order valence-corrected chi connectivity index (χ1v) is 9.95. The molecule has 1 aromatic heterocycles. The number of hydrogen-bond donors (Lipinski definition) is 2. The van der Waals surface area contributed by atoms with E-state index in [2.05, 4.69) is 34.5 Å². The van der Waals surface area contributed by atoms with Crippen LogP contribution in [0.2, 0.25) is 0 Å². The van der Waals surface area contributed by atoms with Crippen molar-refractivity contribution in [2.75, 3.05) is 20.2 Å². The van der Waals surface area contributed by atoms with Crippen molar-refractivity contribution in [1.29, 1.82) is 0 Å². The highest BCUT2D eigenvalue weighted by molar-refractivity contribution is 14.0. The Morgan fingerprint density at radius 1 is 1.23 bits per heavy atom. The molecule has 1 atom stereocenters. The molecule has 0 aliphatic rings. The second kappa shape index (κ2) is 14.1. The SMILES string of the molecule is CCOC(CCNC(=NC)NCc1ccc(Oc2cccnc2)c(F)c1)C(C)C.I. The van der Waals surface area contributed by atoms with Crippen LogP contribution in [0.15, 0.2) is 47.7 Å². The van der Waals surface area contributed by atoms with Gasteiger partial charge in [-0.2, -0.15) is 0 Å². The number of nitrogens with zero attached hydrogens (tertiary/aromatic N) is 2. The van der Waals surface area contributed by atoms with Crippen molar-refractivity contribution in [3.63, 3.8) is 0 Å². The average Bonchev–Trinajstić information content (AvgIpc) is 2.72. The molecule has 30 heavy (non-hydrogen) atoms. The second-order valence-corrected chi connectivity index (χ2v) is 6.93. The summed E-state index contributed by atoms with van der Waals surface area (Å²) in [7, 11) is 1.71. The fourth-order valence-electron chi connectivity index (χ4n) is 2.83. The fourth-order valence-corrected chi connectivity index (χ4v) is 2.83. The number of rotatable bonds is 10. The molecule has 1 aromatic carbocycles. The summed E-state index contributed by atoms with van der Waals surface area (Å²) in [5.41, 5.74) is 0.790. The quantitative estimate of drug-likeness (QED) is 0.264. The van der Waals surface area contributed by atoms with Crippen LogP contribution < -0.4 is 15.4 Å². The smallest absolute Gasteiger partial charge is 0.191 e. The first kappa shape index (κ1) is 26.1. The minimum absolute atomic E-state index is 0. The van der Waals surface area contributed by atoms with E-state index in [0.717, 1.165) is 18.5 Å². The molecule has 0 fully saturated rings. The molecule has 1 unspecified atom stereocenters. The predicted octanol–water partition coefficient (Wildman–Crippen LogP) is 4.75. The van der Waals surface area contributed by atoms with Crippen molar-refractivity contribution in [2.45, 2.75) is 39.8 Å². The highest BCUT2D eigenvalue weighted by Crippen LogP contribution is 2.24. The maximum Gasteiger partial charge on any atom is 0.191 e. The van der Waals surface area contributed by atoms with Crippen molar-refractivity contribution >= 4 is 29.9 Å². The molecule has 0 radical (unpaired) electrons. The summed E-state index contributed by atoms with van der Waals surface area (Å²) in [5, 5.41) is 6.47. The van der Waals surface area contributed by atoms with E-state index in [1.165, 1.54) is 6.07 Å². The molecule has 0 bridgehead atoms. The fraction of sp³-hybridized carbons (Fsp3) is 0.455. The summed E-state index contributed by atoms with van der Waals surface area (Å²) < 4.78 is 25.6. The van der Waals surface area contributed by atoms with Crippen molar-refractivity contribution in [2.24, 2.45) is 10.9 Å². The molecule has 0 saturated carbocycles. The summed E-state index contributed by atoms with van der Waals surface area (Å²) in [5.74, 6) is 1.36. The minimum atomic E-state index is -0.424. The molecule has 0 aliphatic heterocycles. The Labute approximate surface area is 195 Å². The first-order valence-electron chi connectivity index (χ1n) is 9.95. The van der Waals surface area contributed by atoms with E-state index in [0.29, 0.717) is 30.8 Å². The molecule has 166 valence electrons. The van der Waals surface area contributed by atoms with Gasteiger partial charge < -0.3 is 20.1 Å². The summed E-state index contributed by atoms with van der Waals surface area (Å²) in [6.07, 6.45) is 4.28. The normalized spacial score (nSPS) is 12.3. The number of pyridine rings is 1. The van der Waals surface area contributed by atoms with Crippen LogP contribution in [0.1, 0.15) is 32.8 Å². The van der Waals surface area contributed by atoms with E-state index in [1.807, 2.05) is 13.0 Å². The molecule has 2 N–H and O–H groups in total. The van der Waals surface area contributed by atoms with Gasteiger partial charge in [0.2, 0.25) is 0 Å². The number of ether oxygens (including phenoxy) is 2. The summed E-state index contributed by atoms with van der Waals surface area (Å²) in [6.45, 7) is 8.22. The number of aromatic nitrogens is 1. The topological polar surface area (TPSA) is 67.8 Å². The third-order valence-electron chi connectivity index (χ3n) is 4.39. The molecule has 8 heteroatoms. The molecular formula is C22H32FIN4O2. The molecule has 2 aromatic rings. The van der Waals surface area contributed by atoms with Crippen LogP contribution in [0.4, 0.5) is 4.39 Å². The first-order chi connectivity index (χ1) is 14.0. The Kier molecular flexibility index (Phi) is 12.3. The van der Waals surface area contributed by atoms with Gasteiger partial charge in [-0.1, -0.05) is 19.9 Å². The minimum Gasteiger partial charge on any atom is -0.453 e. The molecule has 0 saturated heterocycles. The Hall–Kier alpha value is -1.94. The highest BCUT2D eigenvalue weighted by Gasteiger charge is 2.13. The van der Waals surface area contributed by atoms with Crippen LogP contribution in [0.25, 0.3) is 0 Å². The molecule has 1 heterocycles. The van der Waals surface area contributed by atoms with Gasteiger partial charge in [0, 0.05) is 32.9 Å². The van der Waals surface area contributed by atoms with Gasteiger partial charge in [-0.05, 0) is 49.1 Å². The van der Waals surface area contributed by atoms with Crippen LogP contribution in [0.5, 0.6) is 11.5 Å². The zero-order valence-electron chi connectivity index (χ0n) is 18.0. The van der Waals surface area contributed by atoms with E-state index >= 15 is 0 Å². The zero-order valence-corrected chi connectivity index (χ0v) is 20.4. The van der Waals surface area contributed by atoms with Gasteiger partial charge in [0.05, 0.1) is 12.3 Å². The lowest BCUT2D eigenvalue weighted by Crippen LogP contribution is -2.38. The molecule has 6 nitrogen and oxygen atoms in total. The number of benzene rings is 1. The van der Waals surface area contributed by atoms with E-state index < -0.39 is 5.82 Å². The van der Waals surface area contributed by atoms with E-state index in [1.54, 1.807) is 37.6 Å². The van der Waals surface area contributed by atoms with E-state index in [-0.39, 0.29) is 35.8 Å². The van der Waals surface area contributed by atoms with Gasteiger partial charge in [-0.3, -0.25) is 9.98 Å². The second-order valence-electron chi connectivity index (χ2n) is 6.93. The van der Waals surface area contributed by atoms with Crippen LogP contribution in [0.3, 0.4) is 0 Å². The number of halogens is 2. The van der Waals surface area contributed by atoms with Gasteiger partial charge in [0.15, 0.2) is 17.5 Å². The highest BCUT2D eigenvalue weighted by atomic mass is 127. The number of nitrogens with one attached hydrogen (secondary N) is 2. The number of hydrogen-bond acceptors (Lipinski definition) is 4. The lowest BCUT2D eigenvalue weighted by atomic mass is 10.0. The predicted molar refractivity (Wildman–Crippen MR) is 129 cm³/mol. The Bertz CT molecular complexity index is 775. The van der Waals surface area contributed by atoms with Gasteiger partial charge >= 0.3 is 0 Å². The summed E-state index contributed by atoms with van der Waals surface area (Å²) in [6, 6.07) is 8.36. The maximum atomic E-state index is 14.3. The van der Waals surface area contributed by atoms with Gasteiger partial charge in [0.25, 0.3) is 0 Å². The largest absolute Gasteiger partial charge is 0.453 e. The van der Waals surface area contributed by atoms with Crippen LogP contribution >= 0.6 is 24.0 Å².